The SMILES string of the molecule is CC1(OC(=O)COc2ccc([SH](c3ccccc3)c3ccccc3)cc2)C2CC3CC(C2)CC1C3. The molecular formula is C31H34O3S. The fraction of sp³-hybridized carbons (Fsp3) is 0.387. The molecule has 0 radical (unpaired) electrons. The highest BCUT2D eigenvalue weighted by atomic mass is 32.2. The minimum absolute atomic E-state index is 0.0344. The molecular weight excluding hydrogens is 452 g/mol. The van der Waals surface area contributed by atoms with E-state index in [9.17, 15) is 4.79 Å². The lowest BCUT2D eigenvalue weighted by atomic mass is 9.50. The highest BCUT2D eigenvalue weighted by Crippen LogP contribution is 2.59. The first-order valence-electron chi connectivity index (χ1n) is 12.9. The molecule has 0 amide bonds. The molecule has 0 unspecified atom stereocenters. The minimum Gasteiger partial charge on any atom is -0.482 e. The van der Waals surface area contributed by atoms with Crippen LogP contribution >= 0.6 is 10.9 Å². The van der Waals surface area contributed by atoms with Crippen LogP contribution in [0.2, 0.25) is 0 Å². The Morgan fingerprint density at radius 1 is 0.743 bits per heavy atom. The third-order valence-electron chi connectivity index (χ3n) is 8.57. The van der Waals surface area contributed by atoms with Crippen molar-refractivity contribution in [3.8, 4) is 5.75 Å². The maximum absolute atomic E-state index is 12.8. The van der Waals surface area contributed by atoms with E-state index in [2.05, 4.69) is 79.7 Å². The molecule has 7 rings (SSSR count). The van der Waals surface area contributed by atoms with Gasteiger partial charge in [-0.05, 0) is 126 Å². The van der Waals surface area contributed by atoms with Crippen LogP contribution in [0.25, 0.3) is 0 Å². The molecule has 4 aliphatic carbocycles. The average molecular weight is 487 g/mol. The van der Waals surface area contributed by atoms with E-state index >= 15 is 0 Å². The third-order valence-corrected chi connectivity index (χ3v) is 11.0. The highest BCUT2D eigenvalue weighted by Gasteiger charge is 2.57. The molecule has 182 valence electrons. The fourth-order valence-electron chi connectivity index (χ4n) is 7.00. The van der Waals surface area contributed by atoms with Gasteiger partial charge in [-0.25, -0.2) is 4.79 Å². The number of carbonyl (C=O) groups is 1. The molecule has 0 spiro atoms. The van der Waals surface area contributed by atoms with Gasteiger partial charge in [0.2, 0.25) is 0 Å². The number of carbonyl (C=O) groups excluding carboxylic acids is 1. The first-order chi connectivity index (χ1) is 17.1. The molecule has 4 saturated carbocycles. The molecule has 3 aromatic carbocycles. The maximum Gasteiger partial charge on any atom is 0.344 e. The van der Waals surface area contributed by atoms with E-state index in [-0.39, 0.29) is 18.2 Å². The molecule has 0 atom stereocenters. The molecule has 0 N–H and O–H groups in total. The van der Waals surface area contributed by atoms with Gasteiger partial charge in [0, 0.05) is 0 Å². The number of benzene rings is 3. The topological polar surface area (TPSA) is 35.5 Å². The Hall–Kier alpha value is -2.72. The van der Waals surface area contributed by atoms with Crippen LogP contribution in [0.5, 0.6) is 5.75 Å². The van der Waals surface area contributed by atoms with E-state index in [0.717, 1.165) is 11.8 Å². The Bertz CT molecular complexity index is 1090. The standard InChI is InChI=1S/C31H34O3S/c1-31(24-17-22-16-23(19-24)20-25(31)18-22)34-30(32)21-33-26-12-14-29(15-13-26)35(27-8-4-2-5-9-27)28-10-6-3-7-11-28/h2-15,22-25,35H,16-21H2,1H3. The van der Waals surface area contributed by atoms with Crippen molar-refractivity contribution in [1.29, 1.82) is 0 Å². The van der Waals surface area contributed by atoms with Gasteiger partial charge in [0.05, 0.1) is 0 Å². The van der Waals surface area contributed by atoms with Crippen molar-refractivity contribution in [2.75, 3.05) is 6.61 Å². The van der Waals surface area contributed by atoms with Gasteiger partial charge in [0.1, 0.15) is 11.4 Å². The van der Waals surface area contributed by atoms with Crippen molar-refractivity contribution < 1.29 is 14.3 Å². The molecule has 4 fully saturated rings. The summed E-state index contributed by atoms with van der Waals surface area (Å²) >= 11 is 0. The zero-order chi connectivity index (χ0) is 23.8. The predicted molar refractivity (Wildman–Crippen MR) is 140 cm³/mol. The summed E-state index contributed by atoms with van der Waals surface area (Å²) in [6.45, 7) is 2.15. The summed E-state index contributed by atoms with van der Waals surface area (Å²) < 4.78 is 12.0. The first kappa shape index (κ1) is 22.7. The van der Waals surface area contributed by atoms with E-state index in [1.165, 1.54) is 46.8 Å². The monoisotopic (exact) mass is 486 g/mol. The molecule has 3 nitrogen and oxygen atoms in total. The largest absolute Gasteiger partial charge is 0.482 e. The normalized spacial score (nSPS) is 29.0. The van der Waals surface area contributed by atoms with Crippen LogP contribution in [0.1, 0.15) is 39.0 Å². The Morgan fingerprint density at radius 3 is 1.74 bits per heavy atom. The van der Waals surface area contributed by atoms with Gasteiger partial charge >= 0.3 is 5.97 Å². The smallest absolute Gasteiger partial charge is 0.344 e. The quantitative estimate of drug-likeness (QED) is 0.281. The highest BCUT2D eigenvalue weighted by molar-refractivity contribution is 8.17. The number of thiol groups is 1. The molecule has 0 aliphatic heterocycles. The molecule has 3 aromatic rings. The molecule has 0 aromatic heterocycles. The molecule has 35 heavy (non-hydrogen) atoms. The van der Waals surface area contributed by atoms with Gasteiger partial charge in [-0.15, -0.1) is 0 Å². The first-order valence-corrected chi connectivity index (χ1v) is 14.3. The van der Waals surface area contributed by atoms with E-state index in [0.29, 0.717) is 17.6 Å². The second-order valence-electron chi connectivity index (χ2n) is 10.8. The zero-order valence-electron chi connectivity index (χ0n) is 20.3. The van der Waals surface area contributed by atoms with Crippen LogP contribution in [0.15, 0.2) is 99.6 Å². The summed E-state index contributed by atoms with van der Waals surface area (Å²) in [5.41, 5.74) is -0.307. The van der Waals surface area contributed by atoms with Crippen molar-refractivity contribution in [3.63, 3.8) is 0 Å². The lowest BCUT2D eigenvalue weighted by Crippen LogP contribution is -2.58. The average Bonchev–Trinajstić information content (AvgIpc) is 2.88. The van der Waals surface area contributed by atoms with Crippen LogP contribution in [0, 0.1) is 23.7 Å². The predicted octanol–water partition coefficient (Wildman–Crippen LogP) is 7.30. The van der Waals surface area contributed by atoms with Crippen LogP contribution in [-0.4, -0.2) is 18.2 Å². The fourth-order valence-corrected chi connectivity index (χ4v) is 9.28. The molecule has 0 heterocycles. The zero-order valence-corrected chi connectivity index (χ0v) is 21.2. The van der Waals surface area contributed by atoms with Gasteiger partial charge in [0.25, 0.3) is 0 Å². The Morgan fingerprint density at radius 2 is 1.23 bits per heavy atom. The van der Waals surface area contributed by atoms with Gasteiger partial charge in [-0.2, -0.15) is 10.9 Å². The van der Waals surface area contributed by atoms with Crippen LogP contribution in [0.3, 0.4) is 0 Å². The van der Waals surface area contributed by atoms with Crippen molar-refractivity contribution in [3.05, 3.63) is 84.9 Å². The summed E-state index contributed by atoms with van der Waals surface area (Å²) in [5.74, 6) is 3.24. The second kappa shape index (κ2) is 9.39. The second-order valence-corrected chi connectivity index (χ2v) is 13.0. The Labute approximate surface area is 211 Å². The number of hydrogen-bond donors (Lipinski definition) is 1. The lowest BCUT2D eigenvalue weighted by molar-refractivity contribution is -0.204. The third kappa shape index (κ3) is 4.49. The van der Waals surface area contributed by atoms with Gasteiger partial charge in [0.15, 0.2) is 6.61 Å². The van der Waals surface area contributed by atoms with Crippen molar-refractivity contribution in [1.82, 2.24) is 0 Å². The van der Waals surface area contributed by atoms with Crippen molar-refractivity contribution >= 4 is 16.9 Å². The van der Waals surface area contributed by atoms with Crippen LogP contribution < -0.4 is 4.74 Å². The summed E-state index contributed by atoms with van der Waals surface area (Å²) in [6, 6.07) is 29.5. The number of esters is 1. The number of hydrogen-bond acceptors (Lipinski definition) is 3. The number of ether oxygens (including phenoxy) is 2. The molecule has 4 heteroatoms. The maximum atomic E-state index is 12.8. The minimum atomic E-state index is -0.652. The van der Waals surface area contributed by atoms with Crippen molar-refractivity contribution in [2.24, 2.45) is 23.7 Å². The van der Waals surface area contributed by atoms with E-state index < -0.39 is 10.9 Å². The summed E-state index contributed by atoms with van der Waals surface area (Å²) in [7, 11) is -0.652. The van der Waals surface area contributed by atoms with Crippen LogP contribution in [-0.2, 0) is 9.53 Å². The van der Waals surface area contributed by atoms with Gasteiger partial charge in [-0.3, -0.25) is 0 Å². The summed E-state index contributed by atoms with van der Waals surface area (Å²) in [6.07, 6.45) is 6.30. The molecule has 4 aliphatic rings. The molecule has 4 bridgehead atoms. The van der Waals surface area contributed by atoms with E-state index in [1.54, 1.807) is 0 Å². The molecule has 0 saturated heterocycles. The van der Waals surface area contributed by atoms with Gasteiger partial charge < -0.3 is 9.47 Å². The lowest BCUT2D eigenvalue weighted by Gasteiger charge is -2.59. The van der Waals surface area contributed by atoms with Crippen LogP contribution in [0.4, 0.5) is 0 Å². The summed E-state index contributed by atoms with van der Waals surface area (Å²) in [5, 5.41) is 0. The summed E-state index contributed by atoms with van der Waals surface area (Å²) in [4.78, 5) is 16.7. The van der Waals surface area contributed by atoms with E-state index in [1.807, 2.05) is 12.1 Å². The van der Waals surface area contributed by atoms with Gasteiger partial charge in [-0.1, -0.05) is 36.4 Å². The van der Waals surface area contributed by atoms with Crippen molar-refractivity contribution in [2.45, 2.75) is 59.3 Å². The number of rotatable bonds is 7. The Balaban J connectivity index is 1.12. The Kier molecular flexibility index (Phi) is 6.09. The van der Waals surface area contributed by atoms with E-state index in [4.69, 9.17) is 9.47 Å².